The van der Waals surface area contributed by atoms with E-state index in [0.717, 1.165) is 23.9 Å². The van der Waals surface area contributed by atoms with Crippen molar-refractivity contribution < 1.29 is 27.9 Å². The number of nitrogens with one attached hydrogen (secondary N) is 1. The fourth-order valence-electron chi connectivity index (χ4n) is 3.53. The smallest absolute Gasteiger partial charge is 0.263 e. The summed E-state index contributed by atoms with van der Waals surface area (Å²) in [5, 5.41) is 9.34. The first-order valence-electron chi connectivity index (χ1n) is 10.6. The SMILES string of the molecule is CC#CCOc1ccc(S(=O)(=O)N(C)C(C(=O)NO)C(C)(C)SCCN2CCOCC2)cc1. The lowest BCUT2D eigenvalue weighted by Gasteiger charge is -2.38. The molecule has 1 unspecified atom stereocenters. The third-order valence-corrected chi connectivity index (χ3v) is 8.55. The van der Waals surface area contributed by atoms with Crippen molar-refractivity contribution in [1.82, 2.24) is 14.7 Å². The van der Waals surface area contributed by atoms with Gasteiger partial charge in [-0.2, -0.15) is 16.1 Å². The molecular weight excluding hydrogens is 466 g/mol. The molecule has 9 nitrogen and oxygen atoms in total. The summed E-state index contributed by atoms with van der Waals surface area (Å²) >= 11 is 1.48. The zero-order chi connectivity index (χ0) is 24.5. The molecule has 1 saturated heterocycles. The maximum Gasteiger partial charge on any atom is 0.263 e. The van der Waals surface area contributed by atoms with Crippen molar-refractivity contribution in [3.63, 3.8) is 0 Å². The monoisotopic (exact) mass is 499 g/mol. The number of rotatable bonds is 11. The maximum absolute atomic E-state index is 13.3. The number of amides is 1. The van der Waals surface area contributed by atoms with Gasteiger partial charge in [0.25, 0.3) is 5.91 Å². The highest BCUT2D eigenvalue weighted by Crippen LogP contribution is 2.34. The Morgan fingerprint density at radius 1 is 1.33 bits per heavy atom. The van der Waals surface area contributed by atoms with Gasteiger partial charge in [-0.05, 0) is 45.0 Å². The number of carbonyl (C=O) groups excluding carboxylic acids is 1. The predicted molar refractivity (Wildman–Crippen MR) is 128 cm³/mol. The van der Waals surface area contributed by atoms with Crippen LogP contribution < -0.4 is 10.2 Å². The highest BCUT2D eigenvalue weighted by atomic mass is 32.2. The highest BCUT2D eigenvalue weighted by Gasteiger charge is 2.43. The van der Waals surface area contributed by atoms with Crippen molar-refractivity contribution in [2.45, 2.75) is 36.5 Å². The van der Waals surface area contributed by atoms with E-state index < -0.39 is 26.7 Å². The van der Waals surface area contributed by atoms with Gasteiger partial charge in [-0.1, -0.05) is 5.92 Å². The van der Waals surface area contributed by atoms with Crippen LogP contribution in [-0.4, -0.2) is 91.8 Å². The standard InChI is InChI=1S/C22H33N3O6S2/c1-5-6-14-31-18-7-9-19(10-8-18)33(28,29)24(4)20(21(26)23-27)22(2,3)32-17-13-25-11-15-30-16-12-25/h7-10,20,27H,11-17H2,1-4H3,(H,23,26). The van der Waals surface area contributed by atoms with E-state index in [2.05, 4.69) is 16.7 Å². The summed E-state index contributed by atoms with van der Waals surface area (Å²) in [7, 11) is -2.68. The van der Waals surface area contributed by atoms with Gasteiger partial charge in [-0.15, -0.1) is 5.92 Å². The molecule has 1 aliphatic heterocycles. The van der Waals surface area contributed by atoms with Crippen LogP contribution in [0.1, 0.15) is 20.8 Å². The van der Waals surface area contributed by atoms with Crippen LogP contribution in [0, 0.1) is 11.8 Å². The first-order chi connectivity index (χ1) is 15.6. The molecule has 0 bridgehead atoms. The van der Waals surface area contributed by atoms with Crippen molar-refractivity contribution >= 4 is 27.7 Å². The number of sulfonamides is 1. The number of hydroxylamine groups is 1. The lowest BCUT2D eigenvalue weighted by Crippen LogP contribution is -2.56. The summed E-state index contributed by atoms with van der Waals surface area (Å²) in [6.07, 6.45) is 0. The number of hydrogen-bond acceptors (Lipinski definition) is 8. The number of benzene rings is 1. The van der Waals surface area contributed by atoms with E-state index >= 15 is 0 Å². The van der Waals surface area contributed by atoms with E-state index in [1.54, 1.807) is 38.4 Å². The van der Waals surface area contributed by atoms with E-state index in [1.165, 1.54) is 30.9 Å². The second-order valence-corrected chi connectivity index (χ2v) is 11.7. The van der Waals surface area contributed by atoms with Gasteiger partial charge in [-0.3, -0.25) is 14.9 Å². The number of carbonyl (C=O) groups is 1. The normalized spacial score (nSPS) is 16.1. The average molecular weight is 500 g/mol. The molecule has 1 aromatic rings. The van der Waals surface area contributed by atoms with Crippen molar-refractivity contribution in [1.29, 1.82) is 0 Å². The van der Waals surface area contributed by atoms with Crippen LogP contribution in [0.4, 0.5) is 0 Å². The van der Waals surface area contributed by atoms with E-state index in [-0.39, 0.29) is 11.5 Å². The first kappa shape index (κ1) is 27.4. The first-order valence-corrected chi connectivity index (χ1v) is 13.0. The number of morpholine rings is 1. The summed E-state index contributed by atoms with van der Waals surface area (Å²) in [6, 6.07) is 4.79. The van der Waals surface area contributed by atoms with Gasteiger partial charge in [0.05, 0.1) is 18.1 Å². The quantitative estimate of drug-likeness (QED) is 0.267. The van der Waals surface area contributed by atoms with E-state index in [9.17, 15) is 18.4 Å². The molecule has 0 aliphatic carbocycles. The van der Waals surface area contributed by atoms with Crippen LogP contribution in [0.3, 0.4) is 0 Å². The second kappa shape index (κ2) is 12.6. The summed E-state index contributed by atoms with van der Waals surface area (Å²) in [6.45, 7) is 9.39. The summed E-state index contributed by atoms with van der Waals surface area (Å²) in [5.74, 6) is 5.88. The molecule has 0 aromatic heterocycles. The maximum atomic E-state index is 13.3. The lowest BCUT2D eigenvalue weighted by atomic mass is 10.0. The molecule has 1 atom stereocenters. The minimum absolute atomic E-state index is 0.0174. The van der Waals surface area contributed by atoms with E-state index in [1.807, 2.05) is 0 Å². The minimum Gasteiger partial charge on any atom is -0.481 e. The van der Waals surface area contributed by atoms with Crippen LogP contribution >= 0.6 is 11.8 Å². The predicted octanol–water partition coefficient (Wildman–Crippen LogP) is 1.43. The van der Waals surface area contributed by atoms with Gasteiger partial charge in [0.1, 0.15) is 18.4 Å². The zero-order valence-electron chi connectivity index (χ0n) is 19.5. The van der Waals surface area contributed by atoms with Crippen LogP contribution in [-0.2, 0) is 19.6 Å². The van der Waals surface area contributed by atoms with Crippen LogP contribution in [0.2, 0.25) is 0 Å². The Morgan fingerprint density at radius 2 is 1.97 bits per heavy atom. The third kappa shape index (κ3) is 7.60. The molecule has 33 heavy (non-hydrogen) atoms. The number of ether oxygens (including phenoxy) is 2. The zero-order valence-corrected chi connectivity index (χ0v) is 21.2. The molecule has 1 heterocycles. The van der Waals surface area contributed by atoms with Gasteiger partial charge in [0.15, 0.2) is 0 Å². The lowest BCUT2D eigenvalue weighted by molar-refractivity contribution is -0.133. The molecule has 0 saturated carbocycles. The van der Waals surface area contributed by atoms with Crippen LogP contribution in [0.15, 0.2) is 29.2 Å². The van der Waals surface area contributed by atoms with Gasteiger partial charge in [-0.25, -0.2) is 13.9 Å². The molecule has 0 spiro atoms. The Balaban J connectivity index is 2.15. The molecule has 184 valence electrons. The number of thioether (sulfide) groups is 1. The molecule has 11 heteroatoms. The van der Waals surface area contributed by atoms with Crippen LogP contribution in [0.5, 0.6) is 5.75 Å². The Morgan fingerprint density at radius 3 is 2.55 bits per heavy atom. The summed E-state index contributed by atoms with van der Waals surface area (Å²) in [5.41, 5.74) is 1.64. The third-order valence-electron chi connectivity index (χ3n) is 5.35. The molecule has 1 aliphatic rings. The molecule has 1 fully saturated rings. The molecular formula is C22H33N3O6S2. The molecule has 2 rings (SSSR count). The number of nitrogens with zero attached hydrogens (tertiary/aromatic N) is 2. The Kier molecular flexibility index (Phi) is 10.5. The van der Waals surface area contributed by atoms with Gasteiger partial charge in [0.2, 0.25) is 10.0 Å². The topological polar surface area (TPSA) is 108 Å². The average Bonchev–Trinajstić information content (AvgIpc) is 2.80. The summed E-state index contributed by atoms with van der Waals surface area (Å²) < 4.78 is 37.6. The van der Waals surface area contributed by atoms with Crippen molar-refractivity contribution in [2.75, 3.05) is 52.3 Å². The number of likely N-dealkylation sites (N-methyl/N-ethyl adjacent to an activating group) is 1. The van der Waals surface area contributed by atoms with Gasteiger partial charge >= 0.3 is 0 Å². The fraction of sp³-hybridized carbons (Fsp3) is 0.591. The Bertz CT molecular complexity index is 935. The molecule has 0 radical (unpaired) electrons. The van der Waals surface area contributed by atoms with Crippen LogP contribution in [0.25, 0.3) is 0 Å². The Labute approximate surface area is 200 Å². The van der Waals surface area contributed by atoms with E-state index in [4.69, 9.17) is 9.47 Å². The number of hydrogen-bond donors (Lipinski definition) is 2. The Hall–Kier alpha value is -1.81. The highest BCUT2D eigenvalue weighted by molar-refractivity contribution is 8.00. The largest absolute Gasteiger partial charge is 0.481 e. The molecule has 1 aromatic carbocycles. The molecule has 1 amide bonds. The van der Waals surface area contributed by atoms with Gasteiger partial charge in [0, 0.05) is 37.2 Å². The summed E-state index contributed by atoms with van der Waals surface area (Å²) in [4.78, 5) is 14.9. The minimum atomic E-state index is -4.03. The van der Waals surface area contributed by atoms with Crippen molar-refractivity contribution in [3.05, 3.63) is 24.3 Å². The molecule has 2 N–H and O–H groups in total. The fourth-order valence-corrected chi connectivity index (χ4v) is 6.34. The van der Waals surface area contributed by atoms with Crippen molar-refractivity contribution in [2.24, 2.45) is 0 Å². The second-order valence-electron chi connectivity index (χ2n) is 7.99. The van der Waals surface area contributed by atoms with E-state index in [0.29, 0.717) is 24.7 Å². The van der Waals surface area contributed by atoms with Crippen molar-refractivity contribution in [3.8, 4) is 17.6 Å². The van der Waals surface area contributed by atoms with Gasteiger partial charge < -0.3 is 9.47 Å².